The quantitative estimate of drug-likeness (QED) is 0.472. The molecule has 1 aliphatic carbocycles. The van der Waals surface area contributed by atoms with E-state index in [9.17, 15) is 0 Å². The summed E-state index contributed by atoms with van der Waals surface area (Å²) in [5, 5.41) is 6.80. The van der Waals surface area contributed by atoms with Crippen LogP contribution in [0.1, 0.15) is 37.8 Å². The number of nitrogens with one attached hydrogen (secondary N) is 2. The molecule has 0 aliphatic heterocycles. The average molecular weight is 373 g/mol. The first kappa shape index (κ1) is 16.3. The maximum Gasteiger partial charge on any atom is 0.191 e. The van der Waals surface area contributed by atoms with Crippen LogP contribution < -0.4 is 10.6 Å². The molecule has 0 radical (unpaired) electrons. The van der Waals surface area contributed by atoms with Crippen LogP contribution in [0, 0.1) is 5.92 Å². The molecule has 0 heterocycles. The summed E-state index contributed by atoms with van der Waals surface area (Å²) in [7, 11) is 1.82. The fraction of sp³-hybridized carbons (Fsp3) is 0.533. The molecule has 1 aromatic carbocycles. The van der Waals surface area contributed by atoms with E-state index in [1.165, 1.54) is 24.8 Å². The smallest absolute Gasteiger partial charge is 0.191 e. The standard InChI is InChI=1S/C15H23N3.HI/c1-12(14-6-4-3-5-7-14)18-15(16-2)17-11-10-13-8-9-13;/h3-7,12-13H,8-11H2,1-2H3,(H2,16,17,18);1H. The van der Waals surface area contributed by atoms with Crippen molar-refractivity contribution in [3.63, 3.8) is 0 Å². The molecular weight excluding hydrogens is 349 g/mol. The summed E-state index contributed by atoms with van der Waals surface area (Å²) in [6.07, 6.45) is 4.09. The third-order valence-corrected chi connectivity index (χ3v) is 3.42. The second-order valence-corrected chi connectivity index (χ2v) is 5.01. The summed E-state index contributed by atoms with van der Waals surface area (Å²) in [6.45, 7) is 3.18. The minimum atomic E-state index is 0. The lowest BCUT2D eigenvalue weighted by Crippen LogP contribution is -2.39. The van der Waals surface area contributed by atoms with Crippen LogP contribution >= 0.6 is 24.0 Å². The lowest BCUT2D eigenvalue weighted by Gasteiger charge is -2.18. The lowest BCUT2D eigenvalue weighted by molar-refractivity contribution is 0.653. The lowest BCUT2D eigenvalue weighted by atomic mass is 10.1. The monoisotopic (exact) mass is 373 g/mol. The number of nitrogens with zero attached hydrogens (tertiary/aromatic N) is 1. The molecule has 1 aliphatic rings. The molecule has 1 saturated carbocycles. The Labute approximate surface area is 133 Å². The number of benzene rings is 1. The van der Waals surface area contributed by atoms with Crippen molar-refractivity contribution in [3.05, 3.63) is 35.9 Å². The van der Waals surface area contributed by atoms with Gasteiger partial charge in [0.1, 0.15) is 0 Å². The number of halogens is 1. The van der Waals surface area contributed by atoms with Gasteiger partial charge in [0.2, 0.25) is 0 Å². The van der Waals surface area contributed by atoms with Crippen molar-refractivity contribution in [1.29, 1.82) is 0 Å². The Kier molecular flexibility index (Phi) is 7.20. The highest BCUT2D eigenvalue weighted by Crippen LogP contribution is 2.31. The minimum Gasteiger partial charge on any atom is -0.356 e. The van der Waals surface area contributed by atoms with E-state index in [1.807, 2.05) is 13.1 Å². The van der Waals surface area contributed by atoms with Crippen molar-refractivity contribution in [1.82, 2.24) is 10.6 Å². The van der Waals surface area contributed by atoms with Gasteiger partial charge in [0.25, 0.3) is 0 Å². The number of aliphatic imine (C=N–C) groups is 1. The highest BCUT2D eigenvalue weighted by Gasteiger charge is 2.20. The Morgan fingerprint density at radius 1 is 1.32 bits per heavy atom. The van der Waals surface area contributed by atoms with Crippen LogP contribution in [-0.2, 0) is 0 Å². The number of hydrogen-bond donors (Lipinski definition) is 2. The van der Waals surface area contributed by atoms with Crippen LogP contribution in [0.3, 0.4) is 0 Å². The van der Waals surface area contributed by atoms with E-state index >= 15 is 0 Å². The second kappa shape index (κ2) is 8.40. The Hall–Kier alpha value is -0.780. The van der Waals surface area contributed by atoms with Gasteiger partial charge in [-0.05, 0) is 24.8 Å². The zero-order valence-electron chi connectivity index (χ0n) is 11.7. The van der Waals surface area contributed by atoms with E-state index in [1.54, 1.807) is 0 Å². The van der Waals surface area contributed by atoms with Crippen LogP contribution in [0.15, 0.2) is 35.3 Å². The summed E-state index contributed by atoms with van der Waals surface area (Å²) in [5.74, 6) is 1.86. The molecular formula is C15H24IN3. The molecule has 0 saturated heterocycles. The average Bonchev–Trinajstić information content (AvgIpc) is 3.22. The normalized spacial score (nSPS) is 16.4. The fourth-order valence-electron chi connectivity index (χ4n) is 2.03. The first-order valence-corrected chi connectivity index (χ1v) is 6.81. The summed E-state index contributed by atoms with van der Waals surface area (Å²) in [5.41, 5.74) is 1.28. The fourth-order valence-corrected chi connectivity index (χ4v) is 2.03. The summed E-state index contributed by atoms with van der Waals surface area (Å²) in [4.78, 5) is 4.27. The molecule has 0 amide bonds. The molecule has 1 atom stereocenters. The molecule has 1 fully saturated rings. The Morgan fingerprint density at radius 2 is 2.00 bits per heavy atom. The molecule has 106 valence electrons. The molecule has 19 heavy (non-hydrogen) atoms. The van der Waals surface area contributed by atoms with E-state index in [2.05, 4.69) is 46.8 Å². The first-order valence-electron chi connectivity index (χ1n) is 6.81. The van der Waals surface area contributed by atoms with E-state index in [0.717, 1.165) is 18.4 Å². The molecule has 3 nitrogen and oxygen atoms in total. The van der Waals surface area contributed by atoms with Crippen LogP contribution in [0.2, 0.25) is 0 Å². The molecule has 2 rings (SSSR count). The van der Waals surface area contributed by atoms with E-state index in [0.29, 0.717) is 0 Å². The number of hydrogen-bond acceptors (Lipinski definition) is 1. The van der Waals surface area contributed by atoms with Gasteiger partial charge in [0.15, 0.2) is 5.96 Å². The van der Waals surface area contributed by atoms with E-state index in [-0.39, 0.29) is 30.0 Å². The van der Waals surface area contributed by atoms with Gasteiger partial charge in [-0.25, -0.2) is 0 Å². The van der Waals surface area contributed by atoms with Crippen LogP contribution in [0.4, 0.5) is 0 Å². The first-order chi connectivity index (χ1) is 8.79. The van der Waals surface area contributed by atoms with E-state index in [4.69, 9.17) is 0 Å². The molecule has 0 aromatic heterocycles. The summed E-state index contributed by atoms with van der Waals surface area (Å²) >= 11 is 0. The number of guanidine groups is 1. The maximum atomic E-state index is 4.27. The van der Waals surface area contributed by atoms with Gasteiger partial charge in [-0.15, -0.1) is 24.0 Å². The highest BCUT2D eigenvalue weighted by atomic mass is 127. The van der Waals surface area contributed by atoms with Gasteiger partial charge in [-0.1, -0.05) is 43.2 Å². The third kappa shape index (κ3) is 5.80. The SMILES string of the molecule is CN=C(NCCC1CC1)NC(C)c1ccccc1.I. The molecule has 1 aromatic rings. The molecule has 4 heteroatoms. The number of rotatable bonds is 5. The van der Waals surface area contributed by atoms with Gasteiger partial charge in [-0.2, -0.15) is 0 Å². The predicted octanol–water partition coefficient (Wildman–Crippen LogP) is 3.33. The predicted molar refractivity (Wildman–Crippen MR) is 92.1 cm³/mol. The largest absolute Gasteiger partial charge is 0.356 e. The third-order valence-electron chi connectivity index (χ3n) is 3.42. The molecule has 0 spiro atoms. The van der Waals surface area contributed by atoms with Gasteiger partial charge in [0, 0.05) is 13.6 Å². The Bertz CT molecular complexity index is 388. The van der Waals surface area contributed by atoms with E-state index < -0.39 is 0 Å². The minimum absolute atomic E-state index is 0. The van der Waals surface area contributed by atoms with Crippen molar-refractivity contribution in [2.24, 2.45) is 10.9 Å². The topological polar surface area (TPSA) is 36.4 Å². The molecule has 1 unspecified atom stereocenters. The summed E-state index contributed by atoms with van der Waals surface area (Å²) in [6, 6.07) is 10.7. The van der Waals surface area contributed by atoms with Gasteiger partial charge in [0.05, 0.1) is 6.04 Å². The van der Waals surface area contributed by atoms with Gasteiger partial charge in [-0.3, -0.25) is 4.99 Å². The highest BCUT2D eigenvalue weighted by molar-refractivity contribution is 14.0. The van der Waals surface area contributed by atoms with Crippen LogP contribution in [0.25, 0.3) is 0 Å². The zero-order chi connectivity index (χ0) is 12.8. The molecule has 2 N–H and O–H groups in total. The van der Waals surface area contributed by atoms with Crippen molar-refractivity contribution in [2.75, 3.05) is 13.6 Å². The maximum absolute atomic E-state index is 4.27. The summed E-state index contributed by atoms with van der Waals surface area (Å²) < 4.78 is 0. The van der Waals surface area contributed by atoms with Gasteiger partial charge >= 0.3 is 0 Å². The van der Waals surface area contributed by atoms with Gasteiger partial charge < -0.3 is 10.6 Å². The van der Waals surface area contributed by atoms with Crippen LogP contribution in [0.5, 0.6) is 0 Å². The van der Waals surface area contributed by atoms with Crippen molar-refractivity contribution in [2.45, 2.75) is 32.2 Å². The Balaban J connectivity index is 0.00000180. The van der Waals surface area contributed by atoms with Crippen molar-refractivity contribution >= 4 is 29.9 Å². The van der Waals surface area contributed by atoms with Crippen molar-refractivity contribution < 1.29 is 0 Å². The zero-order valence-corrected chi connectivity index (χ0v) is 14.1. The van der Waals surface area contributed by atoms with Crippen LogP contribution in [-0.4, -0.2) is 19.6 Å². The second-order valence-electron chi connectivity index (χ2n) is 5.01. The molecule has 0 bridgehead atoms. The van der Waals surface area contributed by atoms with Crippen molar-refractivity contribution in [3.8, 4) is 0 Å². The Morgan fingerprint density at radius 3 is 2.58 bits per heavy atom.